The highest BCUT2D eigenvalue weighted by Crippen LogP contribution is 2.36. The SMILES string of the molecule is OC1(c2ccc(C(F)(F)F)c(F)c2)CCOCC1. The molecule has 1 aromatic rings. The summed E-state index contributed by atoms with van der Waals surface area (Å²) in [5, 5.41) is 10.2. The van der Waals surface area contributed by atoms with Crippen molar-refractivity contribution in [1.29, 1.82) is 0 Å². The number of halogens is 4. The Kier molecular flexibility index (Phi) is 3.33. The summed E-state index contributed by atoms with van der Waals surface area (Å²) in [6.45, 7) is 0.609. The van der Waals surface area contributed by atoms with Crippen molar-refractivity contribution in [2.24, 2.45) is 0 Å². The summed E-state index contributed by atoms with van der Waals surface area (Å²) < 4.78 is 55.7. The third-order valence-electron chi connectivity index (χ3n) is 3.13. The summed E-state index contributed by atoms with van der Waals surface area (Å²) in [6, 6.07) is 2.55. The van der Waals surface area contributed by atoms with Crippen LogP contribution in [-0.2, 0) is 16.5 Å². The van der Waals surface area contributed by atoms with Gasteiger partial charge in [0.05, 0.1) is 11.2 Å². The van der Waals surface area contributed by atoms with Gasteiger partial charge in [0.1, 0.15) is 5.82 Å². The average Bonchev–Trinajstić information content (AvgIpc) is 2.28. The monoisotopic (exact) mass is 264 g/mol. The molecule has 1 aliphatic heterocycles. The van der Waals surface area contributed by atoms with Crippen molar-refractivity contribution >= 4 is 0 Å². The molecule has 0 radical (unpaired) electrons. The van der Waals surface area contributed by atoms with Crippen LogP contribution in [0.25, 0.3) is 0 Å². The molecule has 1 aromatic carbocycles. The van der Waals surface area contributed by atoms with E-state index in [2.05, 4.69) is 0 Å². The van der Waals surface area contributed by atoms with E-state index in [1.165, 1.54) is 0 Å². The first-order valence-corrected chi connectivity index (χ1v) is 5.50. The number of hydrogen-bond donors (Lipinski definition) is 1. The van der Waals surface area contributed by atoms with Crippen LogP contribution in [0.15, 0.2) is 18.2 Å². The second-order valence-electron chi connectivity index (χ2n) is 4.34. The largest absolute Gasteiger partial charge is 0.419 e. The molecule has 1 saturated heterocycles. The molecule has 1 fully saturated rings. The van der Waals surface area contributed by atoms with Crippen LogP contribution >= 0.6 is 0 Å². The van der Waals surface area contributed by atoms with E-state index in [0.717, 1.165) is 12.1 Å². The molecule has 0 amide bonds. The fourth-order valence-electron chi connectivity index (χ4n) is 2.03. The quantitative estimate of drug-likeness (QED) is 0.790. The molecule has 100 valence electrons. The minimum absolute atomic E-state index is 0.163. The smallest absolute Gasteiger partial charge is 0.385 e. The molecule has 0 unspecified atom stereocenters. The zero-order chi connectivity index (χ0) is 13.4. The first-order valence-electron chi connectivity index (χ1n) is 5.50. The van der Waals surface area contributed by atoms with Gasteiger partial charge in [-0.1, -0.05) is 6.07 Å². The number of rotatable bonds is 1. The predicted octanol–water partition coefficient (Wildman–Crippen LogP) is 2.84. The zero-order valence-electron chi connectivity index (χ0n) is 9.43. The Hall–Kier alpha value is -1.14. The van der Waals surface area contributed by atoms with Gasteiger partial charge in [-0.3, -0.25) is 0 Å². The molecule has 0 aromatic heterocycles. The molecular weight excluding hydrogens is 252 g/mol. The highest BCUT2D eigenvalue weighted by molar-refractivity contribution is 5.30. The van der Waals surface area contributed by atoms with Crippen molar-refractivity contribution in [3.63, 3.8) is 0 Å². The Balaban J connectivity index is 2.34. The van der Waals surface area contributed by atoms with Crippen LogP contribution in [0.1, 0.15) is 24.0 Å². The lowest BCUT2D eigenvalue weighted by Crippen LogP contribution is -2.33. The van der Waals surface area contributed by atoms with Gasteiger partial charge in [-0.05, 0) is 17.7 Å². The molecule has 0 saturated carbocycles. The molecule has 0 atom stereocenters. The average molecular weight is 264 g/mol. The van der Waals surface area contributed by atoms with Gasteiger partial charge in [0.15, 0.2) is 0 Å². The Morgan fingerprint density at radius 3 is 2.28 bits per heavy atom. The summed E-state index contributed by atoms with van der Waals surface area (Å²) in [5.74, 6) is -1.36. The molecule has 1 N–H and O–H groups in total. The van der Waals surface area contributed by atoms with Gasteiger partial charge in [-0.25, -0.2) is 4.39 Å². The molecule has 0 aliphatic carbocycles. The van der Waals surface area contributed by atoms with Crippen LogP contribution in [0.3, 0.4) is 0 Å². The van der Waals surface area contributed by atoms with Crippen molar-refractivity contribution in [1.82, 2.24) is 0 Å². The standard InChI is InChI=1S/C12H12F4O2/c13-10-7-8(1-2-9(10)12(14,15)16)11(17)3-5-18-6-4-11/h1-2,7,17H,3-6H2. The zero-order valence-corrected chi connectivity index (χ0v) is 9.43. The second-order valence-corrected chi connectivity index (χ2v) is 4.34. The lowest BCUT2D eigenvalue weighted by molar-refractivity contribution is -0.140. The van der Waals surface area contributed by atoms with E-state index in [-0.39, 0.29) is 18.4 Å². The van der Waals surface area contributed by atoms with Crippen LogP contribution < -0.4 is 0 Å². The lowest BCUT2D eigenvalue weighted by Gasteiger charge is -2.32. The first-order chi connectivity index (χ1) is 8.33. The molecular formula is C12H12F4O2. The van der Waals surface area contributed by atoms with Gasteiger partial charge in [0, 0.05) is 26.1 Å². The third-order valence-corrected chi connectivity index (χ3v) is 3.13. The van der Waals surface area contributed by atoms with Crippen LogP contribution in [0.5, 0.6) is 0 Å². The summed E-state index contributed by atoms with van der Waals surface area (Å²) in [4.78, 5) is 0. The molecule has 2 rings (SSSR count). The topological polar surface area (TPSA) is 29.5 Å². The van der Waals surface area contributed by atoms with Crippen molar-refractivity contribution in [2.75, 3.05) is 13.2 Å². The molecule has 1 heterocycles. The van der Waals surface area contributed by atoms with Gasteiger partial charge in [0.25, 0.3) is 0 Å². The normalized spacial score (nSPS) is 19.8. The maximum atomic E-state index is 13.4. The summed E-state index contributed by atoms with van der Waals surface area (Å²) >= 11 is 0. The fraction of sp³-hybridized carbons (Fsp3) is 0.500. The van der Waals surface area contributed by atoms with E-state index in [4.69, 9.17) is 4.74 Å². The maximum absolute atomic E-state index is 13.4. The number of ether oxygens (including phenoxy) is 1. The molecule has 18 heavy (non-hydrogen) atoms. The number of aliphatic hydroxyl groups is 1. The lowest BCUT2D eigenvalue weighted by atomic mass is 9.86. The Labute approximate surface area is 101 Å². The van der Waals surface area contributed by atoms with E-state index < -0.39 is 23.2 Å². The highest BCUT2D eigenvalue weighted by Gasteiger charge is 2.37. The number of alkyl halides is 3. The van der Waals surface area contributed by atoms with Crippen molar-refractivity contribution in [3.8, 4) is 0 Å². The van der Waals surface area contributed by atoms with Gasteiger partial charge >= 0.3 is 6.18 Å². The second kappa shape index (κ2) is 4.51. The molecule has 0 bridgehead atoms. The highest BCUT2D eigenvalue weighted by atomic mass is 19.4. The van der Waals surface area contributed by atoms with Gasteiger partial charge in [0.2, 0.25) is 0 Å². The maximum Gasteiger partial charge on any atom is 0.419 e. The van der Waals surface area contributed by atoms with Crippen LogP contribution in [0.2, 0.25) is 0 Å². The minimum atomic E-state index is -4.72. The first kappa shape index (κ1) is 13.3. The van der Waals surface area contributed by atoms with Gasteiger partial charge in [-0.2, -0.15) is 13.2 Å². The van der Waals surface area contributed by atoms with Crippen LogP contribution in [-0.4, -0.2) is 18.3 Å². The van der Waals surface area contributed by atoms with Crippen molar-refractivity contribution in [3.05, 3.63) is 35.1 Å². The van der Waals surface area contributed by atoms with E-state index >= 15 is 0 Å². The van der Waals surface area contributed by atoms with E-state index in [1.54, 1.807) is 0 Å². The van der Waals surface area contributed by atoms with Crippen LogP contribution in [0.4, 0.5) is 17.6 Å². The summed E-state index contributed by atoms with van der Waals surface area (Å²) in [6.07, 6.45) is -4.23. The summed E-state index contributed by atoms with van der Waals surface area (Å²) in [5.41, 5.74) is -2.46. The predicted molar refractivity (Wildman–Crippen MR) is 55.4 cm³/mol. The van der Waals surface area contributed by atoms with E-state index in [9.17, 15) is 22.7 Å². The molecule has 0 spiro atoms. The summed E-state index contributed by atoms with van der Waals surface area (Å²) in [7, 11) is 0. The van der Waals surface area contributed by atoms with Crippen molar-refractivity contribution in [2.45, 2.75) is 24.6 Å². The van der Waals surface area contributed by atoms with Gasteiger partial charge < -0.3 is 9.84 Å². The third kappa shape index (κ3) is 2.49. The minimum Gasteiger partial charge on any atom is -0.385 e. The number of hydrogen-bond acceptors (Lipinski definition) is 2. The molecule has 2 nitrogen and oxygen atoms in total. The fourth-order valence-corrected chi connectivity index (χ4v) is 2.03. The molecule has 6 heteroatoms. The Bertz CT molecular complexity index is 436. The molecule has 1 aliphatic rings. The van der Waals surface area contributed by atoms with Crippen molar-refractivity contribution < 1.29 is 27.4 Å². The van der Waals surface area contributed by atoms with Gasteiger partial charge in [-0.15, -0.1) is 0 Å². The Morgan fingerprint density at radius 2 is 1.78 bits per heavy atom. The van der Waals surface area contributed by atoms with E-state index in [1.807, 2.05) is 0 Å². The van der Waals surface area contributed by atoms with Crippen LogP contribution in [0, 0.1) is 5.82 Å². The Morgan fingerprint density at radius 1 is 1.17 bits per heavy atom. The number of benzene rings is 1. The van der Waals surface area contributed by atoms with E-state index in [0.29, 0.717) is 19.3 Å².